The van der Waals surface area contributed by atoms with Crippen molar-refractivity contribution in [2.45, 2.75) is 25.8 Å². The van der Waals surface area contributed by atoms with Crippen molar-refractivity contribution < 1.29 is 4.48 Å². The van der Waals surface area contributed by atoms with Crippen LogP contribution in [0.3, 0.4) is 0 Å². The minimum Gasteiger partial charge on any atom is -0.300 e. The van der Waals surface area contributed by atoms with Crippen LogP contribution in [0.1, 0.15) is 18.9 Å². The summed E-state index contributed by atoms with van der Waals surface area (Å²) in [7, 11) is 4.42. The van der Waals surface area contributed by atoms with Gasteiger partial charge in [-0.1, -0.05) is 37.3 Å². The highest BCUT2D eigenvalue weighted by Gasteiger charge is 2.23. The molecule has 0 aliphatic carbocycles. The molecule has 1 aromatic carbocycles. The Morgan fingerprint density at radius 2 is 1.87 bits per heavy atom. The fraction of sp³-hybridized carbons (Fsp3) is 0.429. The molecular formula is C14H22N+. The smallest absolute Gasteiger partial charge is 0.0966 e. The van der Waals surface area contributed by atoms with Crippen molar-refractivity contribution in [2.24, 2.45) is 0 Å². The second-order valence-electron chi connectivity index (χ2n) is 4.56. The van der Waals surface area contributed by atoms with E-state index < -0.39 is 0 Å². The summed E-state index contributed by atoms with van der Waals surface area (Å²) in [4.78, 5) is 0. The molecule has 0 spiro atoms. The van der Waals surface area contributed by atoms with Gasteiger partial charge in [-0.2, -0.15) is 0 Å². The molecule has 0 saturated heterocycles. The number of rotatable bonds is 5. The molecule has 1 heteroatoms. The van der Waals surface area contributed by atoms with E-state index in [0.717, 1.165) is 10.9 Å². The fourth-order valence-electron chi connectivity index (χ4n) is 1.89. The summed E-state index contributed by atoms with van der Waals surface area (Å²) >= 11 is 0. The minimum absolute atomic E-state index is 0.616. The van der Waals surface area contributed by atoms with Gasteiger partial charge in [-0.05, 0) is 18.6 Å². The summed E-state index contributed by atoms with van der Waals surface area (Å²) in [5.74, 6) is 0. The first-order valence-corrected chi connectivity index (χ1v) is 5.61. The summed E-state index contributed by atoms with van der Waals surface area (Å²) < 4.78 is 0.880. The molecule has 0 amide bonds. The molecule has 0 bridgehead atoms. The van der Waals surface area contributed by atoms with Gasteiger partial charge in [0.25, 0.3) is 0 Å². The lowest BCUT2D eigenvalue weighted by molar-refractivity contribution is -0.865. The zero-order chi connectivity index (χ0) is 11.3. The average molecular weight is 204 g/mol. The highest BCUT2D eigenvalue weighted by Crippen LogP contribution is 2.16. The average Bonchev–Trinajstić information content (AvgIpc) is 2.27. The summed E-state index contributed by atoms with van der Waals surface area (Å²) in [6.45, 7) is 6.16. The Labute approximate surface area is 93.6 Å². The minimum atomic E-state index is 0.616. The van der Waals surface area contributed by atoms with Gasteiger partial charge in [0.05, 0.1) is 26.3 Å². The molecule has 0 fully saturated rings. The third kappa shape index (κ3) is 3.21. The first kappa shape index (κ1) is 12.0. The van der Waals surface area contributed by atoms with Crippen molar-refractivity contribution in [3.8, 4) is 0 Å². The van der Waals surface area contributed by atoms with E-state index in [1.165, 1.54) is 12.0 Å². The number of likely N-dealkylation sites (N-methyl/N-ethyl adjacent to an activating group) is 1. The van der Waals surface area contributed by atoms with E-state index in [-0.39, 0.29) is 0 Å². The molecule has 82 valence electrons. The Hall–Kier alpha value is -1.08. The molecule has 0 aliphatic rings. The normalized spacial score (nSPS) is 13.5. The third-order valence-electron chi connectivity index (χ3n) is 3.20. The van der Waals surface area contributed by atoms with E-state index in [2.05, 4.69) is 57.9 Å². The molecule has 1 unspecified atom stereocenters. The van der Waals surface area contributed by atoms with Crippen LogP contribution < -0.4 is 0 Å². The van der Waals surface area contributed by atoms with Crippen LogP contribution in [0.2, 0.25) is 0 Å². The van der Waals surface area contributed by atoms with Crippen molar-refractivity contribution in [3.05, 3.63) is 48.7 Å². The second kappa shape index (κ2) is 5.13. The summed E-state index contributed by atoms with van der Waals surface area (Å²) in [6.07, 6.45) is 4.32. The SMILES string of the molecule is C=C[N+](C)(C)C(CC)Cc1ccccc1. The first-order chi connectivity index (χ1) is 7.10. The van der Waals surface area contributed by atoms with Gasteiger partial charge in [-0.25, -0.2) is 0 Å². The lowest BCUT2D eigenvalue weighted by Crippen LogP contribution is -2.44. The van der Waals surface area contributed by atoms with E-state index in [9.17, 15) is 0 Å². The summed E-state index contributed by atoms with van der Waals surface area (Å²) in [6, 6.07) is 11.3. The van der Waals surface area contributed by atoms with Gasteiger partial charge in [0.15, 0.2) is 0 Å². The van der Waals surface area contributed by atoms with Crippen LogP contribution in [0.15, 0.2) is 43.1 Å². The number of benzene rings is 1. The maximum atomic E-state index is 3.92. The Kier molecular flexibility index (Phi) is 4.10. The Bertz CT molecular complexity index is 300. The number of nitrogens with zero attached hydrogens (tertiary/aromatic N) is 1. The lowest BCUT2D eigenvalue weighted by atomic mass is 10.0. The molecule has 0 radical (unpaired) electrons. The second-order valence-corrected chi connectivity index (χ2v) is 4.56. The van der Waals surface area contributed by atoms with Gasteiger partial charge < -0.3 is 0 Å². The molecule has 1 aromatic rings. The molecule has 15 heavy (non-hydrogen) atoms. The monoisotopic (exact) mass is 204 g/mol. The first-order valence-electron chi connectivity index (χ1n) is 5.61. The van der Waals surface area contributed by atoms with Crippen molar-refractivity contribution in [3.63, 3.8) is 0 Å². The number of hydrogen-bond acceptors (Lipinski definition) is 0. The Morgan fingerprint density at radius 3 is 2.33 bits per heavy atom. The van der Waals surface area contributed by atoms with E-state index in [1.54, 1.807) is 0 Å². The number of hydrogen-bond donors (Lipinski definition) is 0. The van der Waals surface area contributed by atoms with Gasteiger partial charge in [0.2, 0.25) is 0 Å². The maximum absolute atomic E-state index is 3.92. The molecule has 0 N–H and O–H groups in total. The van der Waals surface area contributed by atoms with Crippen molar-refractivity contribution in [1.82, 2.24) is 0 Å². The van der Waals surface area contributed by atoms with Crippen LogP contribution in [0.5, 0.6) is 0 Å². The molecule has 1 nitrogen and oxygen atoms in total. The van der Waals surface area contributed by atoms with Crippen molar-refractivity contribution in [1.29, 1.82) is 0 Å². The zero-order valence-corrected chi connectivity index (χ0v) is 10.1. The molecule has 0 heterocycles. The molecule has 0 saturated carbocycles. The molecule has 0 aromatic heterocycles. The van der Waals surface area contributed by atoms with Gasteiger partial charge in [-0.3, -0.25) is 4.48 Å². The standard InChI is InChI=1S/C14H22N/c1-5-14(15(3,4)6-2)12-13-10-8-7-9-11-13/h6-11,14H,2,5,12H2,1,3-4H3/q+1. The Morgan fingerprint density at radius 1 is 1.27 bits per heavy atom. The van der Waals surface area contributed by atoms with Crippen LogP contribution in [0.4, 0.5) is 0 Å². The summed E-state index contributed by atoms with van der Waals surface area (Å²) in [5.41, 5.74) is 1.41. The fourth-order valence-corrected chi connectivity index (χ4v) is 1.89. The Balaban J connectivity index is 2.74. The highest BCUT2D eigenvalue weighted by atomic mass is 15.3. The lowest BCUT2D eigenvalue weighted by Gasteiger charge is -2.34. The topological polar surface area (TPSA) is 0 Å². The predicted molar refractivity (Wildman–Crippen MR) is 66.5 cm³/mol. The molecular weight excluding hydrogens is 182 g/mol. The maximum Gasteiger partial charge on any atom is 0.0966 e. The van der Waals surface area contributed by atoms with Gasteiger partial charge in [0.1, 0.15) is 0 Å². The van der Waals surface area contributed by atoms with Crippen LogP contribution in [-0.2, 0) is 6.42 Å². The van der Waals surface area contributed by atoms with Crippen molar-refractivity contribution >= 4 is 0 Å². The van der Waals surface area contributed by atoms with E-state index in [1.807, 2.05) is 6.20 Å². The van der Waals surface area contributed by atoms with Crippen molar-refractivity contribution in [2.75, 3.05) is 14.1 Å². The van der Waals surface area contributed by atoms with Gasteiger partial charge in [0, 0.05) is 6.42 Å². The van der Waals surface area contributed by atoms with E-state index >= 15 is 0 Å². The molecule has 1 atom stereocenters. The quantitative estimate of drug-likeness (QED) is 0.646. The number of quaternary nitrogens is 1. The summed E-state index contributed by atoms with van der Waals surface area (Å²) in [5, 5.41) is 0. The molecule has 1 rings (SSSR count). The predicted octanol–water partition coefficient (Wildman–Crippen LogP) is 3.23. The van der Waals surface area contributed by atoms with Crippen LogP contribution in [0.25, 0.3) is 0 Å². The van der Waals surface area contributed by atoms with Crippen LogP contribution in [-0.4, -0.2) is 24.6 Å². The van der Waals surface area contributed by atoms with Gasteiger partial charge in [-0.15, -0.1) is 0 Å². The van der Waals surface area contributed by atoms with Gasteiger partial charge >= 0.3 is 0 Å². The largest absolute Gasteiger partial charge is 0.300 e. The highest BCUT2D eigenvalue weighted by molar-refractivity contribution is 5.15. The van der Waals surface area contributed by atoms with E-state index in [0.29, 0.717) is 6.04 Å². The molecule has 0 aliphatic heterocycles. The van der Waals surface area contributed by atoms with Crippen LogP contribution >= 0.6 is 0 Å². The van der Waals surface area contributed by atoms with Crippen LogP contribution in [0, 0.1) is 0 Å². The van der Waals surface area contributed by atoms with E-state index in [4.69, 9.17) is 0 Å². The third-order valence-corrected chi connectivity index (χ3v) is 3.20. The zero-order valence-electron chi connectivity index (χ0n) is 10.1.